The van der Waals surface area contributed by atoms with Gasteiger partial charge in [-0.15, -0.1) is 0 Å². The zero-order valence-corrected chi connectivity index (χ0v) is 9.04. The van der Waals surface area contributed by atoms with Crippen LogP contribution in [0.15, 0.2) is 24.8 Å². The van der Waals surface area contributed by atoms with Crippen LogP contribution in [0.2, 0.25) is 5.02 Å². The van der Waals surface area contributed by atoms with Gasteiger partial charge in [0.05, 0.1) is 17.2 Å². The average molecular weight is 227 g/mol. The number of carboxylic acids is 1. The summed E-state index contributed by atoms with van der Waals surface area (Å²) in [5.74, 6) is -0.517. The summed E-state index contributed by atoms with van der Waals surface area (Å²) in [4.78, 5) is 10.6. The minimum atomic E-state index is -1.06. The molecule has 0 saturated heterocycles. The first-order valence-electron chi connectivity index (χ1n) is 4.41. The Hall–Kier alpha value is -1.48. The summed E-state index contributed by atoms with van der Waals surface area (Å²) in [6.45, 7) is 5.80. The van der Waals surface area contributed by atoms with Gasteiger partial charge in [-0.3, -0.25) is 0 Å². The summed E-state index contributed by atoms with van der Waals surface area (Å²) >= 11 is 5.90. The highest BCUT2D eigenvalue weighted by Gasteiger charge is 2.09. The van der Waals surface area contributed by atoms with E-state index >= 15 is 0 Å². The quantitative estimate of drug-likeness (QED) is 0.803. The summed E-state index contributed by atoms with van der Waals surface area (Å²) in [6.07, 6.45) is 0. The van der Waals surface area contributed by atoms with Crippen LogP contribution >= 0.6 is 11.6 Å². The molecule has 0 aromatic heterocycles. The molecule has 1 rings (SSSR count). The van der Waals surface area contributed by atoms with Crippen LogP contribution in [0, 0.1) is 0 Å². The van der Waals surface area contributed by atoms with Gasteiger partial charge in [0.25, 0.3) is 0 Å². The Labute approximate surface area is 92.9 Å². The number of aliphatic carboxylic acids is 1. The van der Waals surface area contributed by atoms with Crippen molar-refractivity contribution in [3.8, 4) is 5.75 Å². The van der Waals surface area contributed by atoms with Crippen molar-refractivity contribution in [1.82, 2.24) is 0 Å². The van der Waals surface area contributed by atoms with Gasteiger partial charge < -0.3 is 9.84 Å². The van der Waals surface area contributed by atoms with E-state index in [1.807, 2.05) is 6.92 Å². The smallest absolute Gasteiger partial charge is 0.335 e. The van der Waals surface area contributed by atoms with Crippen LogP contribution < -0.4 is 4.74 Å². The Balaban J connectivity index is 3.01. The van der Waals surface area contributed by atoms with Crippen molar-refractivity contribution in [2.75, 3.05) is 6.61 Å². The molecule has 0 aliphatic carbocycles. The van der Waals surface area contributed by atoms with Crippen molar-refractivity contribution in [2.45, 2.75) is 6.92 Å². The first-order valence-corrected chi connectivity index (χ1v) is 4.79. The van der Waals surface area contributed by atoms with Gasteiger partial charge in [0, 0.05) is 0 Å². The van der Waals surface area contributed by atoms with E-state index in [4.69, 9.17) is 21.4 Å². The first kappa shape index (κ1) is 11.6. The van der Waals surface area contributed by atoms with Crippen LogP contribution in [0.5, 0.6) is 5.75 Å². The molecule has 0 heterocycles. The molecule has 0 amide bonds. The Morgan fingerprint density at radius 3 is 2.73 bits per heavy atom. The fourth-order valence-electron chi connectivity index (χ4n) is 1.08. The lowest BCUT2D eigenvalue weighted by Crippen LogP contribution is -1.98. The van der Waals surface area contributed by atoms with Crippen molar-refractivity contribution in [2.24, 2.45) is 0 Å². The highest BCUT2D eigenvalue weighted by atomic mass is 35.5. The average Bonchev–Trinajstić information content (AvgIpc) is 2.20. The molecular weight excluding hydrogens is 216 g/mol. The molecule has 0 radical (unpaired) electrons. The summed E-state index contributed by atoms with van der Waals surface area (Å²) in [5.41, 5.74) is 0.496. The standard InChI is InChI=1S/C11H11ClO3/c1-3-15-10-5-4-8(6-9(10)12)7(2)11(13)14/h4-6H,2-3H2,1H3,(H,13,14). The second-order valence-corrected chi connectivity index (χ2v) is 3.27. The van der Waals surface area contributed by atoms with E-state index in [2.05, 4.69) is 6.58 Å². The van der Waals surface area contributed by atoms with Crippen molar-refractivity contribution < 1.29 is 14.6 Å². The van der Waals surface area contributed by atoms with E-state index < -0.39 is 5.97 Å². The van der Waals surface area contributed by atoms with E-state index in [-0.39, 0.29) is 5.57 Å². The molecule has 4 heteroatoms. The second-order valence-electron chi connectivity index (χ2n) is 2.86. The van der Waals surface area contributed by atoms with Gasteiger partial charge in [0.15, 0.2) is 0 Å². The fraction of sp³-hybridized carbons (Fsp3) is 0.182. The van der Waals surface area contributed by atoms with Gasteiger partial charge in [-0.1, -0.05) is 24.2 Å². The maximum Gasteiger partial charge on any atom is 0.335 e. The van der Waals surface area contributed by atoms with Gasteiger partial charge in [-0.05, 0) is 24.6 Å². The Morgan fingerprint density at radius 2 is 2.27 bits per heavy atom. The predicted octanol–water partition coefficient (Wildman–Crippen LogP) is 2.84. The van der Waals surface area contributed by atoms with Gasteiger partial charge >= 0.3 is 5.97 Å². The van der Waals surface area contributed by atoms with Crippen LogP contribution in [0.1, 0.15) is 12.5 Å². The lowest BCUT2D eigenvalue weighted by atomic mass is 10.1. The zero-order chi connectivity index (χ0) is 11.4. The van der Waals surface area contributed by atoms with Crippen molar-refractivity contribution in [3.63, 3.8) is 0 Å². The Morgan fingerprint density at radius 1 is 1.60 bits per heavy atom. The van der Waals surface area contributed by atoms with Crippen LogP contribution in [0.25, 0.3) is 5.57 Å². The lowest BCUT2D eigenvalue weighted by Gasteiger charge is -2.07. The van der Waals surface area contributed by atoms with Crippen LogP contribution in [-0.4, -0.2) is 17.7 Å². The molecule has 3 nitrogen and oxygen atoms in total. The van der Waals surface area contributed by atoms with E-state index in [1.54, 1.807) is 12.1 Å². The second kappa shape index (κ2) is 4.84. The number of rotatable bonds is 4. The number of carbonyl (C=O) groups is 1. The lowest BCUT2D eigenvalue weighted by molar-refractivity contribution is -0.130. The van der Waals surface area contributed by atoms with E-state index in [1.165, 1.54) is 6.07 Å². The topological polar surface area (TPSA) is 46.5 Å². The molecule has 0 aliphatic heterocycles. The Bertz CT molecular complexity index is 399. The normalized spacial score (nSPS) is 9.73. The molecule has 0 spiro atoms. The predicted molar refractivity (Wildman–Crippen MR) is 59.3 cm³/mol. The summed E-state index contributed by atoms with van der Waals surface area (Å²) in [5, 5.41) is 9.11. The summed E-state index contributed by atoms with van der Waals surface area (Å²) < 4.78 is 5.22. The minimum absolute atomic E-state index is 0.0138. The van der Waals surface area contributed by atoms with Crippen LogP contribution in [0.4, 0.5) is 0 Å². The van der Waals surface area contributed by atoms with Gasteiger partial charge in [-0.2, -0.15) is 0 Å². The zero-order valence-electron chi connectivity index (χ0n) is 8.29. The highest BCUT2D eigenvalue weighted by Crippen LogP contribution is 2.27. The largest absolute Gasteiger partial charge is 0.492 e. The number of ether oxygens (including phenoxy) is 1. The number of hydrogen-bond acceptors (Lipinski definition) is 2. The third kappa shape index (κ3) is 2.73. The van der Waals surface area contributed by atoms with Gasteiger partial charge in [-0.25, -0.2) is 4.79 Å². The summed E-state index contributed by atoms with van der Waals surface area (Å²) in [6, 6.07) is 4.78. The molecule has 0 aliphatic rings. The van der Waals surface area contributed by atoms with Crippen molar-refractivity contribution in [3.05, 3.63) is 35.4 Å². The van der Waals surface area contributed by atoms with Crippen LogP contribution in [-0.2, 0) is 4.79 Å². The van der Waals surface area contributed by atoms with Crippen molar-refractivity contribution >= 4 is 23.1 Å². The maximum atomic E-state index is 10.6. The first-order chi connectivity index (χ1) is 7.06. The molecule has 1 aromatic rings. The fourth-order valence-corrected chi connectivity index (χ4v) is 1.32. The third-order valence-electron chi connectivity index (χ3n) is 1.84. The molecule has 1 aromatic carbocycles. The molecule has 0 atom stereocenters. The van der Waals surface area contributed by atoms with E-state index in [0.717, 1.165) is 0 Å². The van der Waals surface area contributed by atoms with Gasteiger partial charge in [0.1, 0.15) is 5.75 Å². The SMILES string of the molecule is C=C(C(=O)O)c1ccc(OCC)c(Cl)c1. The highest BCUT2D eigenvalue weighted by molar-refractivity contribution is 6.32. The van der Waals surface area contributed by atoms with Gasteiger partial charge in [0.2, 0.25) is 0 Å². The number of halogens is 1. The molecular formula is C11H11ClO3. The van der Waals surface area contributed by atoms with E-state index in [9.17, 15) is 4.79 Å². The molecule has 0 bridgehead atoms. The molecule has 0 fully saturated rings. The Kier molecular flexibility index (Phi) is 3.74. The molecule has 1 N–H and O–H groups in total. The monoisotopic (exact) mass is 226 g/mol. The summed E-state index contributed by atoms with van der Waals surface area (Å²) in [7, 11) is 0. The van der Waals surface area contributed by atoms with E-state index in [0.29, 0.717) is 22.9 Å². The van der Waals surface area contributed by atoms with Crippen molar-refractivity contribution in [1.29, 1.82) is 0 Å². The number of hydrogen-bond donors (Lipinski definition) is 1. The maximum absolute atomic E-state index is 10.6. The minimum Gasteiger partial charge on any atom is -0.492 e. The number of carboxylic acid groups (broad SMARTS) is 1. The number of benzene rings is 1. The molecule has 15 heavy (non-hydrogen) atoms. The molecule has 0 saturated carbocycles. The van der Waals surface area contributed by atoms with Crippen LogP contribution in [0.3, 0.4) is 0 Å². The third-order valence-corrected chi connectivity index (χ3v) is 2.13. The molecule has 80 valence electrons. The molecule has 0 unspecified atom stereocenters.